The first kappa shape index (κ1) is 13.9. The maximum Gasteiger partial charge on any atom is 0.332 e. The zero-order chi connectivity index (χ0) is 16.5. The van der Waals surface area contributed by atoms with Crippen molar-refractivity contribution in [3.05, 3.63) is 48.7 Å². The molecule has 1 fully saturated rings. The minimum Gasteiger partial charge on any atom is -0.387 e. The molecular weight excluding hydrogens is 308 g/mol. The summed E-state index contributed by atoms with van der Waals surface area (Å²) in [6.07, 6.45) is -4.85. The van der Waals surface area contributed by atoms with Crippen LogP contribution in [-0.4, -0.2) is 42.6 Å². The molecule has 4 atom stereocenters. The highest BCUT2D eigenvalue weighted by Crippen LogP contribution is 2.33. The predicted molar refractivity (Wildman–Crippen MR) is 75.3 cm³/mol. The molecule has 2 aromatic rings. The number of pyridine rings is 1. The van der Waals surface area contributed by atoms with Crippen molar-refractivity contribution in [1.82, 2.24) is 14.1 Å². The number of ether oxygens (including phenoxy) is 1. The Morgan fingerprint density at radius 3 is 2.74 bits per heavy atom. The Bertz CT molecular complexity index is 1060. The third-order valence-corrected chi connectivity index (χ3v) is 4.23. The molecule has 2 aromatic heterocycles. The Morgan fingerprint density at radius 1 is 1.30 bits per heavy atom. The van der Waals surface area contributed by atoms with Crippen molar-refractivity contribution in [2.45, 2.75) is 31.1 Å². The standard InChI is InChI=1S/C13H10N4O6/c1-14-5-2-4-9(20)15-13(22)17-10(4)16(11(5)21)3-6-7(18)8(19)12(17)23-6/h2,6-8,12,18-19H,3H2,(H,15,20,22)/t6-,7+,8?,12+/m1/s1. The van der Waals surface area contributed by atoms with Crippen LogP contribution in [0.5, 0.6) is 0 Å². The molecule has 0 aromatic carbocycles. The van der Waals surface area contributed by atoms with Crippen molar-refractivity contribution in [2.75, 3.05) is 0 Å². The molecule has 10 heteroatoms. The van der Waals surface area contributed by atoms with Gasteiger partial charge in [0.05, 0.1) is 18.5 Å². The van der Waals surface area contributed by atoms with Gasteiger partial charge >= 0.3 is 5.69 Å². The Morgan fingerprint density at radius 2 is 2.04 bits per heavy atom. The Hall–Kier alpha value is -2.74. The topological polar surface area (TPSA) is 131 Å². The third-order valence-electron chi connectivity index (χ3n) is 4.23. The lowest BCUT2D eigenvalue weighted by Crippen LogP contribution is -2.43. The monoisotopic (exact) mass is 318 g/mol. The highest BCUT2D eigenvalue weighted by atomic mass is 16.6. The number of H-pyrrole nitrogens is 1. The molecule has 4 heterocycles. The first-order valence-corrected chi connectivity index (χ1v) is 6.75. The minimum absolute atomic E-state index is 0.0328. The highest BCUT2D eigenvalue weighted by molar-refractivity contribution is 5.78. The minimum atomic E-state index is -1.38. The molecule has 2 aliphatic heterocycles. The van der Waals surface area contributed by atoms with E-state index in [1.54, 1.807) is 0 Å². The molecule has 4 rings (SSSR count). The number of aliphatic hydroxyl groups excluding tert-OH is 2. The Kier molecular flexibility index (Phi) is 2.65. The molecule has 1 saturated heterocycles. The maximum absolute atomic E-state index is 12.4. The largest absolute Gasteiger partial charge is 0.387 e. The van der Waals surface area contributed by atoms with E-state index in [-0.39, 0.29) is 23.3 Å². The molecule has 0 amide bonds. The molecule has 2 bridgehead atoms. The lowest BCUT2D eigenvalue weighted by atomic mass is 10.1. The second-order valence-electron chi connectivity index (χ2n) is 5.47. The molecular formula is C13H10N4O6. The van der Waals surface area contributed by atoms with Crippen LogP contribution in [0.3, 0.4) is 0 Å². The van der Waals surface area contributed by atoms with E-state index >= 15 is 0 Å². The second kappa shape index (κ2) is 4.39. The number of rotatable bonds is 0. The molecule has 10 nitrogen and oxygen atoms in total. The fraction of sp³-hybridized carbons (Fsp3) is 0.385. The van der Waals surface area contributed by atoms with E-state index < -0.39 is 41.3 Å². The van der Waals surface area contributed by atoms with Crippen LogP contribution in [-0.2, 0) is 11.3 Å². The first-order chi connectivity index (χ1) is 10.9. The van der Waals surface area contributed by atoms with Crippen molar-refractivity contribution in [3.8, 4) is 0 Å². The van der Waals surface area contributed by atoms with Crippen LogP contribution in [0.2, 0.25) is 0 Å². The fourth-order valence-electron chi connectivity index (χ4n) is 3.15. The second-order valence-corrected chi connectivity index (χ2v) is 5.47. The van der Waals surface area contributed by atoms with Crippen LogP contribution in [0.15, 0.2) is 20.4 Å². The van der Waals surface area contributed by atoms with Crippen molar-refractivity contribution in [2.24, 2.45) is 0 Å². The molecule has 2 aliphatic rings. The van der Waals surface area contributed by atoms with E-state index in [0.29, 0.717) is 0 Å². The van der Waals surface area contributed by atoms with Gasteiger partial charge in [-0.15, -0.1) is 0 Å². The van der Waals surface area contributed by atoms with Gasteiger partial charge in [-0.25, -0.2) is 14.2 Å². The molecule has 0 spiro atoms. The zero-order valence-corrected chi connectivity index (χ0v) is 11.5. The van der Waals surface area contributed by atoms with Gasteiger partial charge in [0.1, 0.15) is 24.0 Å². The number of fused-ring (bicyclic) bond motifs is 3. The summed E-state index contributed by atoms with van der Waals surface area (Å²) in [6.45, 7) is 6.87. The summed E-state index contributed by atoms with van der Waals surface area (Å²) in [7, 11) is 0. The highest BCUT2D eigenvalue weighted by Gasteiger charge is 2.47. The lowest BCUT2D eigenvalue weighted by Gasteiger charge is -2.22. The number of aromatic amines is 1. The van der Waals surface area contributed by atoms with E-state index in [2.05, 4.69) is 9.83 Å². The van der Waals surface area contributed by atoms with Crippen LogP contribution in [0.4, 0.5) is 5.69 Å². The average molecular weight is 318 g/mol. The van der Waals surface area contributed by atoms with Crippen LogP contribution < -0.4 is 16.8 Å². The van der Waals surface area contributed by atoms with Crippen LogP contribution in [0, 0.1) is 6.57 Å². The van der Waals surface area contributed by atoms with Gasteiger partial charge in [0.25, 0.3) is 16.8 Å². The van der Waals surface area contributed by atoms with Crippen molar-refractivity contribution in [3.63, 3.8) is 0 Å². The van der Waals surface area contributed by atoms with Gasteiger partial charge in [0, 0.05) is 0 Å². The summed E-state index contributed by atoms with van der Waals surface area (Å²) in [4.78, 5) is 41.8. The van der Waals surface area contributed by atoms with Crippen molar-refractivity contribution < 1.29 is 14.9 Å². The fourth-order valence-corrected chi connectivity index (χ4v) is 3.15. The van der Waals surface area contributed by atoms with Crippen LogP contribution >= 0.6 is 0 Å². The lowest BCUT2D eigenvalue weighted by molar-refractivity contribution is -0.0352. The summed E-state index contributed by atoms with van der Waals surface area (Å²) in [5, 5.41) is 20.0. The number of aromatic nitrogens is 3. The molecule has 118 valence electrons. The summed E-state index contributed by atoms with van der Waals surface area (Å²) in [5.74, 6) is 0. The van der Waals surface area contributed by atoms with E-state index in [4.69, 9.17) is 11.3 Å². The van der Waals surface area contributed by atoms with Gasteiger partial charge < -0.3 is 19.5 Å². The average Bonchev–Trinajstić information content (AvgIpc) is 2.71. The molecule has 3 N–H and O–H groups in total. The van der Waals surface area contributed by atoms with E-state index in [1.165, 1.54) is 0 Å². The molecule has 23 heavy (non-hydrogen) atoms. The Labute approximate surface area is 126 Å². The smallest absolute Gasteiger partial charge is 0.332 e. The van der Waals surface area contributed by atoms with Gasteiger partial charge in [-0.3, -0.25) is 14.6 Å². The van der Waals surface area contributed by atoms with E-state index in [9.17, 15) is 24.6 Å². The quantitative estimate of drug-likeness (QED) is 0.483. The van der Waals surface area contributed by atoms with Gasteiger partial charge in [-0.1, -0.05) is 0 Å². The van der Waals surface area contributed by atoms with E-state index in [0.717, 1.165) is 15.2 Å². The summed E-state index contributed by atoms with van der Waals surface area (Å²) < 4.78 is 7.48. The van der Waals surface area contributed by atoms with Gasteiger partial charge in [-0.2, -0.15) is 0 Å². The Balaban J connectivity index is 2.25. The summed E-state index contributed by atoms with van der Waals surface area (Å²) in [6, 6.07) is 1.11. The number of aliphatic hydroxyl groups is 2. The van der Waals surface area contributed by atoms with E-state index in [1.807, 2.05) is 0 Å². The molecule has 0 saturated carbocycles. The number of hydrogen-bond donors (Lipinski definition) is 3. The maximum atomic E-state index is 12.4. The van der Waals surface area contributed by atoms with Crippen LogP contribution in [0.1, 0.15) is 6.23 Å². The van der Waals surface area contributed by atoms with Gasteiger partial charge in [0.2, 0.25) is 0 Å². The SMILES string of the molecule is [C-]#[N+]c1cc2c(=O)[nH]c(=O)n3c2n(c1=O)C[C@H]1O[C@H]3C(O)[C@H]1O. The normalized spacial score (nSPS) is 28.6. The predicted octanol–water partition coefficient (Wildman–Crippen LogP) is -1.96. The molecule has 0 aliphatic carbocycles. The first-order valence-electron chi connectivity index (χ1n) is 6.75. The van der Waals surface area contributed by atoms with Gasteiger partial charge in [-0.05, 0) is 6.07 Å². The molecule has 1 unspecified atom stereocenters. The molecule has 0 radical (unpaired) electrons. The zero-order valence-electron chi connectivity index (χ0n) is 11.5. The van der Waals surface area contributed by atoms with Crippen molar-refractivity contribution in [1.29, 1.82) is 0 Å². The van der Waals surface area contributed by atoms with Gasteiger partial charge in [0.15, 0.2) is 6.23 Å². The van der Waals surface area contributed by atoms with Crippen molar-refractivity contribution >= 4 is 16.7 Å². The summed E-state index contributed by atoms with van der Waals surface area (Å²) >= 11 is 0. The number of hydrogen-bond acceptors (Lipinski definition) is 6. The summed E-state index contributed by atoms with van der Waals surface area (Å²) in [5.41, 5.74) is -2.61. The number of nitrogens with zero attached hydrogens (tertiary/aromatic N) is 3. The van der Waals surface area contributed by atoms with Crippen LogP contribution in [0.25, 0.3) is 15.9 Å². The number of nitrogens with one attached hydrogen (secondary N) is 1. The third kappa shape index (κ3) is 1.63.